The highest BCUT2D eigenvalue weighted by atomic mass is 79.9. The third-order valence-corrected chi connectivity index (χ3v) is 4.01. The highest BCUT2D eigenvalue weighted by Gasteiger charge is 2.07. The van der Waals surface area contributed by atoms with Crippen molar-refractivity contribution < 1.29 is 4.79 Å². The number of carbonyl (C=O) groups is 1. The molecule has 0 radical (unpaired) electrons. The zero-order valence-corrected chi connectivity index (χ0v) is 12.1. The van der Waals surface area contributed by atoms with E-state index >= 15 is 0 Å². The molecule has 1 heterocycles. The zero-order chi connectivity index (χ0) is 13.0. The van der Waals surface area contributed by atoms with Crippen LogP contribution in [0.3, 0.4) is 0 Å². The molecule has 0 saturated heterocycles. The van der Waals surface area contributed by atoms with Gasteiger partial charge in [-0.1, -0.05) is 12.1 Å². The van der Waals surface area contributed by atoms with Crippen molar-refractivity contribution in [2.75, 3.05) is 0 Å². The fraction of sp³-hybridized carbons (Fsp3) is 0.0769. The number of carbonyl (C=O) groups excluding carboxylic acids is 1. The van der Waals surface area contributed by atoms with E-state index in [9.17, 15) is 4.79 Å². The zero-order valence-electron chi connectivity index (χ0n) is 9.68. The van der Waals surface area contributed by atoms with Crippen molar-refractivity contribution in [2.45, 2.75) is 6.92 Å². The van der Waals surface area contributed by atoms with Crippen molar-refractivity contribution in [1.82, 2.24) is 5.43 Å². The first-order chi connectivity index (χ1) is 8.68. The van der Waals surface area contributed by atoms with Crippen LogP contribution in [0.4, 0.5) is 0 Å². The number of hydrazone groups is 1. The second-order valence-electron chi connectivity index (χ2n) is 3.65. The Labute approximate surface area is 118 Å². The SMILES string of the molecule is Cc1ccsc1C=NNC(=O)c1ccccc1Br. The lowest BCUT2D eigenvalue weighted by molar-refractivity contribution is 0.0954. The van der Waals surface area contributed by atoms with Crippen molar-refractivity contribution in [2.24, 2.45) is 5.10 Å². The highest BCUT2D eigenvalue weighted by Crippen LogP contribution is 2.15. The molecule has 18 heavy (non-hydrogen) atoms. The Morgan fingerprint density at radius 1 is 1.39 bits per heavy atom. The van der Waals surface area contributed by atoms with Gasteiger partial charge in [0, 0.05) is 9.35 Å². The number of aryl methyl sites for hydroxylation is 1. The summed E-state index contributed by atoms with van der Waals surface area (Å²) in [5, 5.41) is 5.95. The molecule has 5 heteroatoms. The van der Waals surface area contributed by atoms with Crippen LogP contribution in [-0.4, -0.2) is 12.1 Å². The van der Waals surface area contributed by atoms with E-state index in [1.54, 1.807) is 23.6 Å². The van der Waals surface area contributed by atoms with E-state index in [1.165, 1.54) is 0 Å². The van der Waals surface area contributed by atoms with Crippen LogP contribution >= 0.6 is 27.3 Å². The van der Waals surface area contributed by atoms with E-state index in [0.717, 1.165) is 14.9 Å². The van der Waals surface area contributed by atoms with E-state index in [-0.39, 0.29) is 5.91 Å². The smallest absolute Gasteiger partial charge is 0.267 e. The van der Waals surface area contributed by atoms with Gasteiger partial charge in [-0.3, -0.25) is 4.79 Å². The van der Waals surface area contributed by atoms with Gasteiger partial charge in [-0.25, -0.2) is 5.43 Å². The lowest BCUT2D eigenvalue weighted by Gasteiger charge is -2.01. The Morgan fingerprint density at radius 3 is 2.83 bits per heavy atom. The monoisotopic (exact) mass is 322 g/mol. The molecular formula is C13H11BrN2OS. The summed E-state index contributed by atoms with van der Waals surface area (Å²) in [5.41, 5.74) is 4.23. The van der Waals surface area contributed by atoms with Gasteiger partial charge in [0.05, 0.1) is 11.8 Å². The van der Waals surface area contributed by atoms with Crippen molar-refractivity contribution in [3.63, 3.8) is 0 Å². The summed E-state index contributed by atoms with van der Waals surface area (Å²) in [6.45, 7) is 2.01. The number of benzene rings is 1. The molecule has 0 spiro atoms. The topological polar surface area (TPSA) is 41.5 Å². The highest BCUT2D eigenvalue weighted by molar-refractivity contribution is 9.10. The summed E-state index contributed by atoms with van der Waals surface area (Å²) in [6.07, 6.45) is 1.66. The van der Waals surface area contributed by atoms with Gasteiger partial charge in [-0.05, 0) is 52.0 Å². The number of hydrogen-bond acceptors (Lipinski definition) is 3. The largest absolute Gasteiger partial charge is 0.272 e. The molecule has 2 rings (SSSR count). The van der Waals surface area contributed by atoms with E-state index in [1.807, 2.05) is 36.6 Å². The van der Waals surface area contributed by atoms with Gasteiger partial charge >= 0.3 is 0 Å². The molecule has 0 aliphatic rings. The minimum atomic E-state index is -0.229. The lowest BCUT2D eigenvalue weighted by atomic mass is 10.2. The van der Waals surface area contributed by atoms with Gasteiger partial charge in [-0.2, -0.15) is 5.10 Å². The van der Waals surface area contributed by atoms with Crippen LogP contribution in [0.15, 0.2) is 45.3 Å². The van der Waals surface area contributed by atoms with Gasteiger partial charge in [0.2, 0.25) is 0 Å². The maximum atomic E-state index is 11.8. The number of nitrogens with one attached hydrogen (secondary N) is 1. The Hall–Kier alpha value is -1.46. The standard InChI is InChI=1S/C13H11BrN2OS/c1-9-6-7-18-12(9)8-15-16-13(17)10-4-2-3-5-11(10)14/h2-8H,1H3,(H,16,17). The Balaban J connectivity index is 2.03. The van der Waals surface area contributed by atoms with Gasteiger partial charge in [0.1, 0.15) is 0 Å². The molecule has 3 nitrogen and oxygen atoms in total. The van der Waals surface area contributed by atoms with Crippen LogP contribution in [0.25, 0.3) is 0 Å². The summed E-state index contributed by atoms with van der Waals surface area (Å²) in [7, 11) is 0. The van der Waals surface area contributed by atoms with Gasteiger partial charge in [0.25, 0.3) is 5.91 Å². The normalized spacial score (nSPS) is 10.8. The first kappa shape index (κ1) is 13.0. The molecule has 1 N–H and O–H groups in total. The molecule has 0 atom stereocenters. The maximum absolute atomic E-state index is 11.8. The summed E-state index contributed by atoms with van der Waals surface area (Å²) in [6, 6.07) is 9.25. The average Bonchev–Trinajstić information content (AvgIpc) is 2.75. The molecule has 1 amide bonds. The van der Waals surface area contributed by atoms with Crippen LogP contribution in [0.1, 0.15) is 20.8 Å². The Morgan fingerprint density at radius 2 is 2.17 bits per heavy atom. The van der Waals surface area contributed by atoms with Crippen LogP contribution in [-0.2, 0) is 0 Å². The molecule has 92 valence electrons. The number of rotatable bonds is 3. The third-order valence-electron chi connectivity index (χ3n) is 2.37. The third kappa shape index (κ3) is 3.05. The molecule has 1 aromatic heterocycles. The Kier molecular flexibility index (Phi) is 4.28. The lowest BCUT2D eigenvalue weighted by Crippen LogP contribution is -2.17. The molecule has 2 aromatic rings. The number of hydrogen-bond donors (Lipinski definition) is 1. The van der Waals surface area contributed by atoms with E-state index < -0.39 is 0 Å². The van der Waals surface area contributed by atoms with E-state index in [4.69, 9.17) is 0 Å². The first-order valence-corrected chi connectivity index (χ1v) is 6.98. The second kappa shape index (κ2) is 5.93. The van der Waals surface area contributed by atoms with Gasteiger partial charge in [-0.15, -0.1) is 11.3 Å². The number of halogens is 1. The van der Waals surface area contributed by atoms with E-state index in [2.05, 4.69) is 26.5 Å². The molecule has 0 bridgehead atoms. The summed E-state index contributed by atoms with van der Waals surface area (Å²) in [5.74, 6) is -0.229. The van der Waals surface area contributed by atoms with Gasteiger partial charge < -0.3 is 0 Å². The number of nitrogens with zero attached hydrogens (tertiary/aromatic N) is 1. The molecule has 1 aromatic carbocycles. The Bertz CT molecular complexity index is 592. The van der Waals surface area contributed by atoms with Crippen LogP contribution in [0.5, 0.6) is 0 Å². The summed E-state index contributed by atoms with van der Waals surface area (Å²) >= 11 is 4.92. The van der Waals surface area contributed by atoms with Crippen LogP contribution in [0, 0.1) is 6.92 Å². The van der Waals surface area contributed by atoms with Crippen molar-refractivity contribution in [3.8, 4) is 0 Å². The fourth-order valence-electron chi connectivity index (χ4n) is 1.37. The van der Waals surface area contributed by atoms with Gasteiger partial charge in [0.15, 0.2) is 0 Å². The van der Waals surface area contributed by atoms with Crippen molar-refractivity contribution >= 4 is 39.4 Å². The van der Waals surface area contributed by atoms with E-state index in [0.29, 0.717) is 5.56 Å². The maximum Gasteiger partial charge on any atom is 0.272 e. The molecule has 0 fully saturated rings. The second-order valence-corrected chi connectivity index (χ2v) is 5.45. The predicted molar refractivity (Wildman–Crippen MR) is 78.3 cm³/mol. The summed E-state index contributed by atoms with van der Waals surface area (Å²) < 4.78 is 0.755. The molecule has 0 saturated carbocycles. The molecule has 0 aliphatic carbocycles. The van der Waals surface area contributed by atoms with Crippen LogP contribution < -0.4 is 5.43 Å². The first-order valence-electron chi connectivity index (χ1n) is 5.30. The predicted octanol–water partition coefficient (Wildman–Crippen LogP) is 3.58. The van der Waals surface area contributed by atoms with Crippen molar-refractivity contribution in [3.05, 3.63) is 56.2 Å². The number of amides is 1. The molecule has 0 aliphatic heterocycles. The molecular weight excluding hydrogens is 312 g/mol. The quantitative estimate of drug-likeness (QED) is 0.681. The average molecular weight is 323 g/mol. The minimum Gasteiger partial charge on any atom is -0.267 e. The number of thiophene rings is 1. The fourth-order valence-corrected chi connectivity index (χ4v) is 2.62. The minimum absolute atomic E-state index is 0.229. The molecule has 0 unspecified atom stereocenters. The van der Waals surface area contributed by atoms with Crippen LogP contribution in [0.2, 0.25) is 0 Å². The van der Waals surface area contributed by atoms with Crippen molar-refractivity contribution in [1.29, 1.82) is 0 Å². The summed E-state index contributed by atoms with van der Waals surface area (Å²) in [4.78, 5) is 12.9.